The van der Waals surface area contributed by atoms with Crippen molar-refractivity contribution in [2.45, 2.75) is 31.8 Å². The van der Waals surface area contributed by atoms with Crippen molar-refractivity contribution in [3.8, 4) is 0 Å². The first-order valence-electron chi connectivity index (χ1n) is 7.34. The van der Waals surface area contributed by atoms with Gasteiger partial charge in [-0.2, -0.15) is 0 Å². The van der Waals surface area contributed by atoms with Crippen LogP contribution >= 0.6 is 0 Å². The Morgan fingerprint density at radius 1 is 0.947 bits per heavy atom. The van der Waals surface area contributed by atoms with E-state index < -0.39 is 0 Å². The van der Waals surface area contributed by atoms with Crippen molar-refractivity contribution in [2.24, 2.45) is 0 Å². The standard InChI is InChI=1S/C17H22N2/c1-2-8-17-14(5-1)6-3-7-15(17)13-18-11-4-12-19-16-9-10-16/h1-3,5-8,16,18-19H,4,9-13H2. The predicted molar refractivity (Wildman–Crippen MR) is 81.3 cm³/mol. The molecule has 1 aliphatic rings. The summed E-state index contributed by atoms with van der Waals surface area (Å²) in [4.78, 5) is 0. The molecule has 0 unspecified atom stereocenters. The van der Waals surface area contributed by atoms with E-state index in [1.54, 1.807) is 0 Å². The van der Waals surface area contributed by atoms with Crippen LogP contribution in [0, 0.1) is 0 Å². The van der Waals surface area contributed by atoms with Crippen LogP contribution in [0.3, 0.4) is 0 Å². The molecule has 2 aromatic carbocycles. The van der Waals surface area contributed by atoms with Crippen LogP contribution in [0.1, 0.15) is 24.8 Å². The molecule has 0 amide bonds. The van der Waals surface area contributed by atoms with Crippen LogP contribution in [-0.4, -0.2) is 19.1 Å². The Bertz CT molecular complexity index is 526. The zero-order chi connectivity index (χ0) is 12.9. The number of hydrogen-bond acceptors (Lipinski definition) is 2. The third-order valence-electron chi connectivity index (χ3n) is 3.74. The molecule has 19 heavy (non-hydrogen) atoms. The first-order valence-corrected chi connectivity index (χ1v) is 7.34. The second kappa shape index (κ2) is 6.18. The van der Waals surface area contributed by atoms with Crippen LogP contribution in [0.5, 0.6) is 0 Å². The van der Waals surface area contributed by atoms with Crippen molar-refractivity contribution in [3.05, 3.63) is 48.0 Å². The SMILES string of the molecule is c1ccc2c(CNCCCNC3CC3)cccc2c1. The maximum absolute atomic E-state index is 3.55. The van der Waals surface area contributed by atoms with Crippen LogP contribution in [0.2, 0.25) is 0 Å². The molecular formula is C17H22N2. The van der Waals surface area contributed by atoms with Gasteiger partial charge in [-0.15, -0.1) is 0 Å². The van der Waals surface area contributed by atoms with Gasteiger partial charge < -0.3 is 10.6 Å². The summed E-state index contributed by atoms with van der Waals surface area (Å²) >= 11 is 0. The Morgan fingerprint density at radius 3 is 2.68 bits per heavy atom. The fourth-order valence-corrected chi connectivity index (χ4v) is 2.48. The second-order valence-corrected chi connectivity index (χ2v) is 5.40. The van der Waals surface area contributed by atoms with Gasteiger partial charge in [0.15, 0.2) is 0 Å². The number of fused-ring (bicyclic) bond motifs is 1. The maximum atomic E-state index is 3.55. The monoisotopic (exact) mass is 254 g/mol. The van der Waals surface area contributed by atoms with Gasteiger partial charge in [-0.05, 0) is 48.7 Å². The number of rotatable bonds is 7. The molecule has 0 radical (unpaired) electrons. The molecule has 1 saturated carbocycles. The van der Waals surface area contributed by atoms with Crippen LogP contribution in [0.4, 0.5) is 0 Å². The molecule has 0 bridgehead atoms. The Hall–Kier alpha value is -1.38. The zero-order valence-corrected chi connectivity index (χ0v) is 11.4. The highest BCUT2D eigenvalue weighted by atomic mass is 14.9. The van der Waals surface area contributed by atoms with Gasteiger partial charge in [-0.25, -0.2) is 0 Å². The van der Waals surface area contributed by atoms with Crippen molar-refractivity contribution in [1.29, 1.82) is 0 Å². The first kappa shape index (κ1) is 12.6. The highest BCUT2D eigenvalue weighted by Gasteiger charge is 2.19. The molecule has 0 saturated heterocycles. The Labute approximate surface area is 115 Å². The second-order valence-electron chi connectivity index (χ2n) is 5.40. The van der Waals surface area contributed by atoms with Gasteiger partial charge in [0.25, 0.3) is 0 Å². The third-order valence-corrected chi connectivity index (χ3v) is 3.74. The minimum absolute atomic E-state index is 0.832. The predicted octanol–water partition coefficient (Wildman–Crippen LogP) is 3.07. The van der Waals surface area contributed by atoms with Gasteiger partial charge in [0.05, 0.1) is 0 Å². The lowest BCUT2D eigenvalue weighted by Crippen LogP contribution is -2.23. The van der Waals surface area contributed by atoms with E-state index in [1.807, 2.05) is 0 Å². The van der Waals surface area contributed by atoms with E-state index >= 15 is 0 Å². The smallest absolute Gasteiger partial charge is 0.0211 e. The highest BCUT2D eigenvalue weighted by molar-refractivity contribution is 5.85. The molecule has 1 fully saturated rings. The largest absolute Gasteiger partial charge is 0.314 e. The fraction of sp³-hybridized carbons (Fsp3) is 0.412. The summed E-state index contributed by atoms with van der Waals surface area (Å²) in [6.07, 6.45) is 3.97. The molecule has 2 heteroatoms. The quantitative estimate of drug-likeness (QED) is 0.742. The van der Waals surface area contributed by atoms with E-state index in [0.717, 1.165) is 25.7 Å². The Balaban J connectivity index is 1.47. The molecule has 0 heterocycles. The molecule has 1 aliphatic carbocycles. The summed E-state index contributed by atoms with van der Waals surface area (Å²) < 4.78 is 0. The minimum Gasteiger partial charge on any atom is -0.314 e. The number of hydrogen-bond donors (Lipinski definition) is 2. The van der Waals surface area contributed by atoms with E-state index in [4.69, 9.17) is 0 Å². The zero-order valence-electron chi connectivity index (χ0n) is 11.4. The number of benzene rings is 2. The maximum Gasteiger partial charge on any atom is 0.0211 e. The molecule has 0 aliphatic heterocycles. The number of nitrogens with one attached hydrogen (secondary N) is 2. The van der Waals surface area contributed by atoms with E-state index in [1.165, 1.54) is 35.6 Å². The van der Waals surface area contributed by atoms with Gasteiger partial charge in [-0.3, -0.25) is 0 Å². The lowest BCUT2D eigenvalue weighted by atomic mass is 10.0. The van der Waals surface area contributed by atoms with Crippen molar-refractivity contribution < 1.29 is 0 Å². The molecule has 100 valence electrons. The van der Waals surface area contributed by atoms with Crippen molar-refractivity contribution in [2.75, 3.05) is 13.1 Å². The topological polar surface area (TPSA) is 24.1 Å². The lowest BCUT2D eigenvalue weighted by Gasteiger charge is -2.08. The Kier molecular flexibility index (Phi) is 4.11. The molecule has 0 atom stereocenters. The summed E-state index contributed by atoms with van der Waals surface area (Å²) in [5.74, 6) is 0. The normalized spacial score (nSPS) is 14.9. The third kappa shape index (κ3) is 3.55. The van der Waals surface area contributed by atoms with Crippen molar-refractivity contribution in [3.63, 3.8) is 0 Å². The van der Waals surface area contributed by atoms with Crippen LogP contribution in [0.15, 0.2) is 42.5 Å². The van der Waals surface area contributed by atoms with Crippen molar-refractivity contribution >= 4 is 10.8 Å². The van der Waals surface area contributed by atoms with Gasteiger partial charge in [0.1, 0.15) is 0 Å². The summed E-state index contributed by atoms with van der Waals surface area (Å²) in [6, 6.07) is 16.0. The highest BCUT2D eigenvalue weighted by Crippen LogP contribution is 2.19. The lowest BCUT2D eigenvalue weighted by molar-refractivity contribution is 0.594. The summed E-state index contributed by atoms with van der Waals surface area (Å²) in [5.41, 5.74) is 1.40. The van der Waals surface area contributed by atoms with Crippen LogP contribution in [0.25, 0.3) is 10.8 Å². The molecular weight excluding hydrogens is 232 g/mol. The molecule has 2 N–H and O–H groups in total. The Morgan fingerprint density at radius 2 is 1.79 bits per heavy atom. The van der Waals surface area contributed by atoms with Crippen LogP contribution < -0.4 is 10.6 Å². The summed E-state index contributed by atoms with van der Waals surface area (Å²) in [7, 11) is 0. The molecule has 2 nitrogen and oxygen atoms in total. The van der Waals surface area contributed by atoms with E-state index in [0.29, 0.717) is 0 Å². The van der Waals surface area contributed by atoms with Gasteiger partial charge in [-0.1, -0.05) is 42.5 Å². The van der Waals surface area contributed by atoms with Crippen LogP contribution in [-0.2, 0) is 6.54 Å². The molecule has 0 spiro atoms. The van der Waals surface area contributed by atoms with Gasteiger partial charge in [0, 0.05) is 12.6 Å². The van der Waals surface area contributed by atoms with Gasteiger partial charge in [0.2, 0.25) is 0 Å². The molecule has 3 rings (SSSR count). The summed E-state index contributed by atoms with van der Waals surface area (Å²) in [5, 5.41) is 9.79. The van der Waals surface area contributed by atoms with E-state index in [-0.39, 0.29) is 0 Å². The minimum atomic E-state index is 0.832. The van der Waals surface area contributed by atoms with Gasteiger partial charge >= 0.3 is 0 Å². The average Bonchev–Trinajstić information content (AvgIpc) is 3.27. The average molecular weight is 254 g/mol. The first-order chi connectivity index (χ1) is 9.43. The molecule has 2 aromatic rings. The van der Waals surface area contributed by atoms with E-state index in [9.17, 15) is 0 Å². The summed E-state index contributed by atoms with van der Waals surface area (Å²) in [6.45, 7) is 3.20. The fourth-order valence-electron chi connectivity index (χ4n) is 2.48. The van der Waals surface area contributed by atoms with Crippen molar-refractivity contribution in [1.82, 2.24) is 10.6 Å². The van der Waals surface area contributed by atoms with E-state index in [2.05, 4.69) is 53.1 Å². The molecule has 0 aromatic heterocycles.